The highest BCUT2D eigenvalue weighted by Gasteiger charge is 2.24. The largest absolute Gasteiger partial charge is 0.322 e. The lowest BCUT2D eigenvalue weighted by molar-refractivity contribution is 0.0856. The molecule has 0 radical (unpaired) electrons. The van der Waals surface area contributed by atoms with Crippen molar-refractivity contribution in [3.8, 4) is 0 Å². The summed E-state index contributed by atoms with van der Waals surface area (Å²) in [5.74, 6) is -0.968. The van der Waals surface area contributed by atoms with Crippen molar-refractivity contribution in [2.75, 3.05) is 25.5 Å². The maximum absolute atomic E-state index is 13.7. The minimum atomic E-state index is -0.571. The fourth-order valence-electron chi connectivity index (χ4n) is 3.10. The molecule has 25 heavy (non-hydrogen) atoms. The molecule has 130 valence electrons. The second-order valence-electron chi connectivity index (χ2n) is 6.46. The Morgan fingerprint density at radius 1 is 1.08 bits per heavy atom. The number of ketones is 1. The Hall–Kier alpha value is -2.53. The van der Waals surface area contributed by atoms with E-state index in [-0.39, 0.29) is 17.3 Å². The molecular weight excluding hydrogens is 319 g/mol. The molecule has 0 saturated carbocycles. The monoisotopic (exact) mass is 340 g/mol. The number of halogens is 1. The number of nitrogens with one attached hydrogen (secondary N) is 1. The van der Waals surface area contributed by atoms with Gasteiger partial charge in [-0.2, -0.15) is 0 Å². The summed E-state index contributed by atoms with van der Waals surface area (Å²) in [5.41, 5.74) is 1.06. The van der Waals surface area contributed by atoms with E-state index in [4.69, 9.17) is 0 Å². The SMILES string of the molecule is CN1CCC(C(=O)c2cccc(NC(=O)c3ccccc3F)c2)CC1. The fraction of sp³-hybridized carbons (Fsp3) is 0.300. The van der Waals surface area contributed by atoms with Gasteiger partial charge in [0, 0.05) is 17.2 Å². The summed E-state index contributed by atoms with van der Waals surface area (Å²) in [5, 5.41) is 2.66. The molecule has 1 aliphatic heterocycles. The lowest BCUT2D eigenvalue weighted by Gasteiger charge is -2.28. The van der Waals surface area contributed by atoms with E-state index >= 15 is 0 Å². The van der Waals surface area contributed by atoms with Crippen LogP contribution in [0.4, 0.5) is 10.1 Å². The van der Waals surface area contributed by atoms with Crippen LogP contribution in [0.3, 0.4) is 0 Å². The number of benzene rings is 2. The first-order chi connectivity index (χ1) is 12.0. The van der Waals surface area contributed by atoms with E-state index in [1.165, 1.54) is 18.2 Å². The maximum atomic E-state index is 13.7. The molecule has 1 fully saturated rings. The number of hydrogen-bond acceptors (Lipinski definition) is 3. The third-order valence-corrected chi connectivity index (χ3v) is 4.61. The van der Waals surface area contributed by atoms with Crippen LogP contribution in [-0.4, -0.2) is 36.7 Å². The minimum absolute atomic E-state index is 0.0189. The van der Waals surface area contributed by atoms with Crippen LogP contribution in [-0.2, 0) is 0 Å². The van der Waals surface area contributed by atoms with E-state index in [0.29, 0.717) is 11.3 Å². The number of hydrogen-bond donors (Lipinski definition) is 1. The average Bonchev–Trinajstić information content (AvgIpc) is 2.62. The zero-order valence-corrected chi connectivity index (χ0v) is 14.2. The molecule has 1 amide bonds. The Morgan fingerprint density at radius 2 is 1.80 bits per heavy atom. The van der Waals surface area contributed by atoms with Crippen molar-refractivity contribution < 1.29 is 14.0 Å². The van der Waals surface area contributed by atoms with Crippen LogP contribution >= 0.6 is 0 Å². The molecule has 1 N–H and O–H groups in total. The van der Waals surface area contributed by atoms with Crippen molar-refractivity contribution in [3.63, 3.8) is 0 Å². The Bertz CT molecular complexity index is 783. The van der Waals surface area contributed by atoms with E-state index in [2.05, 4.69) is 17.3 Å². The van der Waals surface area contributed by atoms with Crippen LogP contribution in [0.25, 0.3) is 0 Å². The Labute approximate surface area is 146 Å². The number of amides is 1. The number of piperidine rings is 1. The summed E-state index contributed by atoms with van der Waals surface area (Å²) >= 11 is 0. The number of likely N-dealkylation sites (tertiary alicyclic amines) is 1. The Balaban J connectivity index is 1.72. The number of carbonyl (C=O) groups excluding carboxylic acids is 2. The average molecular weight is 340 g/mol. The van der Waals surface area contributed by atoms with Gasteiger partial charge in [-0.1, -0.05) is 24.3 Å². The molecular formula is C20H21FN2O2. The number of carbonyl (C=O) groups is 2. The van der Waals surface area contributed by atoms with Crippen molar-refractivity contribution in [3.05, 3.63) is 65.5 Å². The normalized spacial score (nSPS) is 15.8. The highest BCUT2D eigenvalue weighted by atomic mass is 19.1. The van der Waals surface area contributed by atoms with Gasteiger partial charge >= 0.3 is 0 Å². The summed E-state index contributed by atoms with van der Waals surface area (Å²) in [4.78, 5) is 27.1. The first-order valence-electron chi connectivity index (χ1n) is 8.43. The van der Waals surface area contributed by atoms with Gasteiger partial charge in [0.1, 0.15) is 5.82 Å². The first kappa shape index (κ1) is 17.3. The second-order valence-corrected chi connectivity index (χ2v) is 6.46. The van der Waals surface area contributed by atoms with Gasteiger partial charge in [-0.15, -0.1) is 0 Å². The summed E-state index contributed by atoms with van der Waals surface area (Å²) in [6.07, 6.45) is 1.70. The van der Waals surface area contributed by atoms with Gasteiger partial charge in [0.05, 0.1) is 5.56 Å². The van der Waals surface area contributed by atoms with Gasteiger partial charge in [0.25, 0.3) is 5.91 Å². The van der Waals surface area contributed by atoms with Gasteiger partial charge in [0.2, 0.25) is 0 Å². The summed E-state index contributed by atoms with van der Waals surface area (Å²) in [6, 6.07) is 12.7. The molecule has 0 spiro atoms. The zero-order valence-electron chi connectivity index (χ0n) is 14.2. The molecule has 0 aliphatic carbocycles. The van der Waals surface area contributed by atoms with E-state index in [0.717, 1.165) is 25.9 Å². The molecule has 0 atom stereocenters. The standard InChI is InChI=1S/C20H21FN2O2/c1-23-11-9-14(10-12-23)19(24)15-5-4-6-16(13-15)22-20(25)17-7-2-3-8-18(17)21/h2-8,13-14H,9-12H2,1H3,(H,22,25). The van der Waals surface area contributed by atoms with Crippen molar-refractivity contribution in [1.82, 2.24) is 4.90 Å². The van der Waals surface area contributed by atoms with E-state index in [1.807, 2.05) is 0 Å². The topological polar surface area (TPSA) is 49.4 Å². The van der Waals surface area contributed by atoms with Crippen LogP contribution in [0.1, 0.15) is 33.6 Å². The number of nitrogens with zero attached hydrogens (tertiary/aromatic N) is 1. The molecule has 1 aliphatic rings. The molecule has 3 rings (SSSR count). The van der Waals surface area contributed by atoms with E-state index in [1.54, 1.807) is 30.3 Å². The van der Waals surface area contributed by atoms with E-state index in [9.17, 15) is 14.0 Å². The van der Waals surface area contributed by atoms with Gasteiger partial charge in [-0.05, 0) is 57.2 Å². The molecule has 4 nitrogen and oxygen atoms in total. The van der Waals surface area contributed by atoms with Gasteiger partial charge in [0.15, 0.2) is 5.78 Å². The first-order valence-corrected chi connectivity index (χ1v) is 8.43. The number of anilines is 1. The minimum Gasteiger partial charge on any atom is -0.322 e. The molecule has 0 aromatic heterocycles. The van der Waals surface area contributed by atoms with Gasteiger partial charge in [-0.3, -0.25) is 9.59 Å². The predicted octanol–water partition coefficient (Wildman–Crippen LogP) is 3.60. The zero-order chi connectivity index (χ0) is 17.8. The summed E-state index contributed by atoms with van der Waals surface area (Å²) < 4.78 is 13.7. The Morgan fingerprint density at radius 3 is 2.52 bits per heavy atom. The Kier molecular flexibility index (Phi) is 5.24. The summed E-state index contributed by atoms with van der Waals surface area (Å²) in [7, 11) is 2.06. The lowest BCUT2D eigenvalue weighted by Crippen LogP contribution is -2.33. The van der Waals surface area contributed by atoms with E-state index < -0.39 is 11.7 Å². The van der Waals surface area contributed by atoms with Crippen LogP contribution in [0.2, 0.25) is 0 Å². The molecule has 5 heteroatoms. The summed E-state index contributed by atoms with van der Waals surface area (Å²) in [6.45, 7) is 1.83. The number of rotatable bonds is 4. The molecule has 2 aromatic carbocycles. The second kappa shape index (κ2) is 7.57. The quantitative estimate of drug-likeness (QED) is 0.865. The van der Waals surface area contributed by atoms with Crippen LogP contribution < -0.4 is 5.32 Å². The van der Waals surface area contributed by atoms with Gasteiger partial charge in [-0.25, -0.2) is 4.39 Å². The van der Waals surface area contributed by atoms with Crippen molar-refractivity contribution in [1.29, 1.82) is 0 Å². The number of Topliss-reactive ketones (excluding diaryl/α,β-unsaturated/α-hetero) is 1. The highest BCUT2D eigenvalue weighted by molar-refractivity contribution is 6.05. The molecule has 0 unspecified atom stereocenters. The smallest absolute Gasteiger partial charge is 0.258 e. The highest BCUT2D eigenvalue weighted by Crippen LogP contribution is 2.23. The predicted molar refractivity (Wildman–Crippen MR) is 95.3 cm³/mol. The fourth-order valence-corrected chi connectivity index (χ4v) is 3.10. The van der Waals surface area contributed by atoms with Crippen LogP contribution in [0.5, 0.6) is 0 Å². The van der Waals surface area contributed by atoms with Gasteiger partial charge < -0.3 is 10.2 Å². The molecule has 1 heterocycles. The lowest BCUT2D eigenvalue weighted by atomic mass is 9.89. The maximum Gasteiger partial charge on any atom is 0.258 e. The third-order valence-electron chi connectivity index (χ3n) is 4.61. The third kappa shape index (κ3) is 4.12. The van der Waals surface area contributed by atoms with Crippen molar-refractivity contribution in [2.24, 2.45) is 5.92 Å². The molecule has 0 bridgehead atoms. The van der Waals surface area contributed by atoms with Crippen molar-refractivity contribution in [2.45, 2.75) is 12.8 Å². The molecule has 2 aromatic rings. The van der Waals surface area contributed by atoms with Crippen molar-refractivity contribution >= 4 is 17.4 Å². The molecule has 1 saturated heterocycles. The van der Waals surface area contributed by atoms with Crippen LogP contribution in [0, 0.1) is 11.7 Å². The van der Waals surface area contributed by atoms with Crippen LogP contribution in [0.15, 0.2) is 48.5 Å².